The van der Waals surface area contributed by atoms with Crippen LogP contribution in [0.15, 0.2) is 22.5 Å². The predicted molar refractivity (Wildman–Crippen MR) is 92.8 cm³/mol. The summed E-state index contributed by atoms with van der Waals surface area (Å²) in [5, 5.41) is 10.4. The van der Waals surface area contributed by atoms with E-state index in [1.54, 1.807) is 0 Å². The number of esters is 2. The highest BCUT2D eigenvalue weighted by atomic mass is 32.2. The van der Waals surface area contributed by atoms with Crippen LogP contribution in [-0.2, 0) is 14.3 Å². The molecule has 0 unspecified atom stereocenters. The Morgan fingerprint density at radius 2 is 1.72 bits per heavy atom. The van der Waals surface area contributed by atoms with Crippen LogP contribution in [-0.4, -0.2) is 48.0 Å². The molecule has 0 saturated carbocycles. The molecule has 0 atom stereocenters. The second-order valence-electron chi connectivity index (χ2n) is 4.53. The highest BCUT2D eigenvalue weighted by Crippen LogP contribution is 2.24. The molecule has 1 aromatic heterocycles. The number of hydrogen-bond donors (Lipinski definition) is 2. The molecule has 11 heteroatoms. The van der Waals surface area contributed by atoms with Crippen molar-refractivity contribution in [3.8, 4) is 0 Å². The number of carbonyl (C=O) groups excluding carboxylic acids is 3. The second-order valence-corrected chi connectivity index (χ2v) is 6.76. The zero-order chi connectivity index (χ0) is 18.4. The van der Waals surface area contributed by atoms with Crippen LogP contribution in [0, 0.1) is 0 Å². The van der Waals surface area contributed by atoms with Crippen molar-refractivity contribution < 1.29 is 23.9 Å². The number of carbonyl (C=O) groups is 3. The van der Waals surface area contributed by atoms with E-state index < -0.39 is 11.9 Å². The molecular formula is C14H14N4O5S2. The lowest BCUT2D eigenvalue weighted by Gasteiger charge is -2.09. The largest absolute Gasteiger partial charge is 0.465 e. The van der Waals surface area contributed by atoms with Crippen molar-refractivity contribution in [1.82, 2.24) is 10.2 Å². The molecule has 25 heavy (non-hydrogen) atoms. The first kappa shape index (κ1) is 18.7. The van der Waals surface area contributed by atoms with Gasteiger partial charge in [0.25, 0.3) is 0 Å². The molecule has 0 bridgehead atoms. The monoisotopic (exact) mass is 382 g/mol. The number of ether oxygens (including phenoxy) is 2. The number of hydrogen-bond acceptors (Lipinski definition) is 10. The van der Waals surface area contributed by atoms with Crippen molar-refractivity contribution in [2.75, 3.05) is 31.0 Å². The minimum Gasteiger partial charge on any atom is -0.465 e. The third-order valence-corrected chi connectivity index (χ3v) is 4.69. The number of thioether (sulfide) groups is 1. The van der Waals surface area contributed by atoms with Gasteiger partial charge in [-0.15, -0.1) is 10.2 Å². The van der Waals surface area contributed by atoms with Gasteiger partial charge >= 0.3 is 11.9 Å². The van der Waals surface area contributed by atoms with Crippen LogP contribution in [0.1, 0.15) is 20.7 Å². The Bertz CT molecular complexity index is 774. The van der Waals surface area contributed by atoms with E-state index in [-0.39, 0.29) is 28.5 Å². The summed E-state index contributed by atoms with van der Waals surface area (Å²) in [6, 6.07) is 4.14. The Hall–Kier alpha value is -2.66. The smallest absolute Gasteiger partial charge is 0.337 e. The van der Waals surface area contributed by atoms with Crippen LogP contribution in [0.3, 0.4) is 0 Å². The fourth-order valence-corrected chi connectivity index (χ4v) is 3.21. The van der Waals surface area contributed by atoms with Crippen molar-refractivity contribution in [3.63, 3.8) is 0 Å². The minimum atomic E-state index is -0.639. The summed E-state index contributed by atoms with van der Waals surface area (Å²) in [5.41, 5.74) is 5.97. The SMILES string of the molecule is COC(=O)c1cc(NC(=O)CSc2nnc(N)s2)cc(C(=O)OC)c1. The predicted octanol–water partition coefficient (Wildman–Crippen LogP) is 1.42. The molecule has 2 aromatic rings. The van der Waals surface area contributed by atoms with Gasteiger partial charge in [-0.05, 0) is 18.2 Å². The molecule has 3 N–H and O–H groups in total. The Morgan fingerprint density at radius 3 is 2.20 bits per heavy atom. The summed E-state index contributed by atoms with van der Waals surface area (Å²) in [6.45, 7) is 0. The summed E-state index contributed by atoms with van der Waals surface area (Å²) in [4.78, 5) is 35.5. The summed E-state index contributed by atoms with van der Waals surface area (Å²) in [7, 11) is 2.44. The van der Waals surface area contributed by atoms with Crippen molar-refractivity contribution in [3.05, 3.63) is 29.3 Å². The highest BCUT2D eigenvalue weighted by molar-refractivity contribution is 8.01. The molecule has 0 saturated heterocycles. The Kier molecular flexibility index (Phi) is 6.31. The number of methoxy groups -OCH3 is 2. The number of nitrogen functional groups attached to an aromatic ring is 1. The van der Waals surface area contributed by atoms with E-state index in [9.17, 15) is 14.4 Å². The average molecular weight is 382 g/mol. The molecule has 1 heterocycles. The van der Waals surface area contributed by atoms with Crippen LogP contribution in [0.4, 0.5) is 10.8 Å². The van der Waals surface area contributed by atoms with Crippen LogP contribution >= 0.6 is 23.1 Å². The third kappa shape index (κ3) is 5.16. The van der Waals surface area contributed by atoms with Gasteiger partial charge in [-0.2, -0.15) is 0 Å². The van der Waals surface area contributed by atoms with Crippen LogP contribution < -0.4 is 11.1 Å². The normalized spacial score (nSPS) is 10.2. The summed E-state index contributed by atoms with van der Waals surface area (Å²) in [5.74, 6) is -1.57. The summed E-state index contributed by atoms with van der Waals surface area (Å²) < 4.78 is 9.84. The zero-order valence-corrected chi connectivity index (χ0v) is 14.9. The average Bonchev–Trinajstić information content (AvgIpc) is 3.03. The highest BCUT2D eigenvalue weighted by Gasteiger charge is 2.15. The third-order valence-electron chi connectivity index (χ3n) is 2.81. The second kappa shape index (κ2) is 8.44. The van der Waals surface area contributed by atoms with Crippen molar-refractivity contribution in [2.24, 2.45) is 0 Å². The maximum atomic E-state index is 12.1. The van der Waals surface area contributed by atoms with Crippen LogP contribution in [0.5, 0.6) is 0 Å². The Morgan fingerprint density at radius 1 is 1.12 bits per heavy atom. The first-order chi connectivity index (χ1) is 11.9. The van der Waals surface area contributed by atoms with Gasteiger partial charge in [0.15, 0.2) is 4.34 Å². The van der Waals surface area contributed by atoms with E-state index in [0.717, 1.165) is 0 Å². The first-order valence-corrected chi connectivity index (χ1v) is 8.56. The van der Waals surface area contributed by atoms with E-state index in [1.807, 2.05) is 0 Å². The van der Waals surface area contributed by atoms with E-state index in [1.165, 1.54) is 55.5 Å². The molecule has 1 amide bonds. The van der Waals surface area contributed by atoms with Gasteiger partial charge in [0, 0.05) is 5.69 Å². The van der Waals surface area contributed by atoms with Crippen molar-refractivity contribution >= 4 is 51.8 Å². The molecular weight excluding hydrogens is 368 g/mol. The quantitative estimate of drug-likeness (QED) is 0.562. The number of nitrogens with zero attached hydrogens (tertiary/aromatic N) is 2. The molecule has 132 valence electrons. The van der Waals surface area contributed by atoms with Crippen molar-refractivity contribution in [1.29, 1.82) is 0 Å². The molecule has 0 spiro atoms. The topological polar surface area (TPSA) is 133 Å². The number of rotatable bonds is 6. The number of aromatic nitrogens is 2. The lowest BCUT2D eigenvalue weighted by Crippen LogP contribution is -2.16. The molecule has 0 aliphatic carbocycles. The zero-order valence-electron chi connectivity index (χ0n) is 13.3. The number of amides is 1. The van der Waals surface area contributed by atoms with Gasteiger partial charge in [-0.25, -0.2) is 9.59 Å². The summed E-state index contributed by atoms with van der Waals surface area (Å²) in [6.07, 6.45) is 0. The van der Waals surface area contributed by atoms with Gasteiger partial charge in [-0.3, -0.25) is 4.79 Å². The van der Waals surface area contributed by atoms with E-state index in [0.29, 0.717) is 9.47 Å². The van der Waals surface area contributed by atoms with Gasteiger partial charge in [-0.1, -0.05) is 23.1 Å². The molecule has 0 radical (unpaired) electrons. The maximum Gasteiger partial charge on any atom is 0.337 e. The van der Waals surface area contributed by atoms with E-state index in [4.69, 9.17) is 5.73 Å². The molecule has 1 aromatic carbocycles. The molecule has 9 nitrogen and oxygen atoms in total. The summed E-state index contributed by atoms with van der Waals surface area (Å²) >= 11 is 2.34. The fraction of sp³-hybridized carbons (Fsp3) is 0.214. The molecule has 2 rings (SSSR count). The Balaban J connectivity index is 2.12. The van der Waals surface area contributed by atoms with E-state index in [2.05, 4.69) is 25.0 Å². The maximum absolute atomic E-state index is 12.1. The van der Waals surface area contributed by atoms with E-state index >= 15 is 0 Å². The van der Waals surface area contributed by atoms with Crippen LogP contribution in [0.25, 0.3) is 0 Å². The molecule has 0 aliphatic rings. The Labute approximate surface area is 150 Å². The molecule has 0 fully saturated rings. The standard InChI is InChI=1S/C14H14N4O5S2/c1-22-11(20)7-3-8(12(21)23-2)5-9(4-7)16-10(19)6-24-14-18-17-13(15)25-14/h3-5H,6H2,1-2H3,(H2,15,17)(H,16,19). The first-order valence-electron chi connectivity index (χ1n) is 6.76. The minimum absolute atomic E-state index is 0.0602. The van der Waals surface area contributed by atoms with Gasteiger partial charge in [0.2, 0.25) is 11.0 Å². The number of nitrogens with two attached hydrogens (primary N) is 1. The lowest BCUT2D eigenvalue weighted by molar-refractivity contribution is -0.113. The van der Waals surface area contributed by atoms with Gasteiger partial charge in [0.05, 0.1) is 31.1 Å². The number of anilines is 2. The van der Waals surface area contributed by atoms with Crippen molar-refractivity contribution in [2.45, 2.75) is 4.34 Å². The fourth-order valence-electron chi connectivity index (χ4n) is 1.77. The van der Waals surface area contributed by atoms with Crippen LogP contribution in [0.2, 0.25) is 0 Å². The number of nitrogens with one attached hydrogen (secondary N) is 1. The van der Waals surface area contributed by atoms with Gasteiger partial charge in [0.1, 0.15) is 0 Å². The number of benzene rings is 1. The van der Waals surface area contributed by atoms with Gasteiger partial charge < -0.3 is 20.5 Å². The molecule has 0 aliphatic heterocycles. The lowest BCUT2D eigenvalue weighted by atomic mass is 10.1.